The Kier molecular flexibility index (Phi) is 4.46. The van der Waals surface area contributed by atoms with Crippen LogP contribution in [0, 0.1) is 5.82 Å². The number of hydrogen-bond donors (Lipinski definition) is 2. The molecule has 0 saturated heterocycles. The van der Waals surface area contributed by atoms with Gasteiger partial charge in [0.15, 0.2) is 0 Å². The summed E-state index contributed by atoms with van der Waals surface area (Å²) in [6, 6.07) is 2.11. The van der Waals surface area contributed by atoms with Gasteiger partial charge in [-0.25, -0.2) is 9.18 Å². The van der Waals surface area contributed by atoms with E-state index in [0.717, 1.165) is 6.07 Å². The first-order chi connectivity index (χ1) is 10.4. The number of carboxylic acids is 1. The Morgan fingerprint density at radius 3 is 2.73 bits per heavy atom. The minimum atomic E-state index is -1.42. The summed E-state index contributed by atoms with van der Waals surface area (Å²) < 4.78 is 14.9. The minimum absolute atomic E-state index is 0.112. The molecule has 0 atom stereocenters. The molecule has 0 bridgehead atoms. The highest BCUT2D eigenvalue weighted by Gasteiger charge is 2.22. The molecular weight excluding hydrogens is 315 g/mol. The average Bonchev–Trinajstić information content (AvgIpc) is 2.47. The number of carbonyl (C=O) groups excluding carboxylic acids is 1. The Balaban J connectivity index is 3.00. The number of halogens is 2. The van der Waals surface area contributed by atoms with Crippen molar-refractivity contribution in [3.63, 3.8) is 0 Å². The number of benzene rings is 1. The number of pyridine rings is 1. The standard InChI is InChI=1S/C14H12ClFN2O4/c1-2-10-12(14(21)22)13(20)7-5-9(16)8(15)6-11(7)18(10)17-3-4-19/h4-6,17H,2-3H2,1H3,(H,21,22). The van der Waals surface area contributed by atoms with Crippen LogP contribution in [0.2, 0.25) is 5.02 Å². The zero-order chi connectivity index (χ0) is 16.4. The van der Waals surface area contributed by atoms with Gasteiger partial charge in [0.2, 0.25) is 5.43 Å². The van der Waals surface area contributed by atoms with E-state index in [1.165, 1.54) is 10.7 Å². The quantitative estimate of drug-likeness (QED) is 0.818. The van der Waals surface area contributed by atoms with Crippen molar-refractivity contribution >= 4 is 34.8 Å². The van der Waals surface area contributed by atoms with Crippen molar-refractivity contribution in [2.45, 2.75) is 13.3 Å². The fourth-order valence-corrected chi connectivity index (χ4v) is 2.45. The molecule has 22 heavy (non-hydrogen) atoms. The average molecular weight is 327 g/mol. The molecule has 0 spiro atoms. The minimum Gasteiger partial charge on any atom is -0.477 e. The molecular formula is C14H12ClFN2O4. The van der Waals surface area contributed by atoms with Crippen LogP contribution in [0.25, 0.3) is 10.9 Å². The molecule has 2 N–H and O–H groups in total. The molecule has 0 unspecified atom stereocenters. The Morgan fingerprint density at radius 1 is 1.50 bits per heavy atom. The molecule has 0 aliphatic rings. The van der Waals surface area contributed by atoms with E-state index < -0.39 is 22.8 Å². The highest BCUT2D eigenvalue weighted by Crippen LogP contribution is 2.23. The van der Waals surface area contributed by atoms with E-state index in [9.17, 15) is 23.9 Å². The summed E-state index contributed by atoms with van der Waals surface area (Å²) >= 11 is 5.74. The van der Waals surface area contributed by atoms with Gasteiger partial charge in [-0.1, -0.05) is 18.5 Å². The third-order valence-corrected chi connectivity index (χ3v) is 3.48. The maximum absolute atomic E-state index is 13.6. The number of aldehydes is 1. The molecule has 2 rings (SSSR count). The van der Waals surface area contributed by atoms with Crippen molar-refractivity contribution < 1.29 is 19.1 Å². The maximum Gasteiger partial charge on any atom is 0.341 e. The number of aromatic nitrogens is 1. The van der Waals surface area contributed by atoms with Crippen molar-refractivity contribution in [1.82, 2.24) is 4.68 Å². The molecule has 1 heterocycles. The molecule has 0 fully saturated rings. The lowest BCUT2D eigenvalue weighted by Crippen LogP contribution is -2.29. The first-order valence-electron chi connectivity index (χ1n) is 6.39. The Morgan fingerprint density at radius 2 is 2.18 bits per heavy atom. The number of hydrogen-bond acceptors (Lipinski definition) is 4. The number of nitrogens with zero attached hydrogens (tertiary/aromatic N) is 1. The van der Waals surface area contributed by atoms with Crippen LogP contribution in [-0.2, 0) is 11.2 Å². The second-order valence-corrected chi connectivity index (χ2v) is 4.86. The van der Waals surface area contributed by atoms with E-state index in [1.54, 1.807) is 6.92 Å². The topological polar surface area (TPSA) is 88.4 Å². The number of nitrogens with one attached hydrogen (secondary N) is 1. The summed E-state index contributed by atoms with van der Waals surface area (Å²) in [6.45, 7) is 1.55. The molecule has 116 valence electrons. The van der Waals surface area contributed by atoms with E-state index in [0.29, 0.717) is 6.29 Å². The van der Waals surface area contributed by atoms with Gasteiger partial charge in [-0.3, -0.25) is 9.47 Å². The lowest BCUT2D eigenvalue weighted by molar-refractivity contribution is -0.106. The summed E-state index contributed by atoms with van der Waals surface area (Å²) in [7, 11) is 0. The normalized spacial score (nSPS) is 10.7. The predicted octanol–water partition coefficient (Wildman–Crippen LogP) is 1.80. The van der Waals surface area contributed by atoms with Crippen LogP contribution < -0.4 is 10.9 Å². The Labute approximate surface area is 129 Å². The molecule has 0 amide bonds. The molecule has 8 heteroatoms. The lowest BCUT2D eigenvalue weighted by Gasteiger charge is -2.19. The summed E-state index contributed by atoms with van der Waals surface area (Å²) in [5.41, 5.74) is 1.82. The van der Waals surface area contributed by atoms with Crippen molar-refractivity contribution in [3.05, 3.63) is 44.5 Å². The molecule has 0 saturated carbocycles. The summed E-state index contributed by atoms with van der Waals surface area (Å²) in [6.07, 6.45) is 0.794. The van der Waals surface area contributed by atoms with Gasteiger partial charge in [-0.2, -0.15) is 0 Å². The van der Waals surface area contributed by atoms with Gasteiger partial charge in [-0.05, 0) is 18.6 Å². The Bertz CT molecular complexity index is 832. The number of aromatic carboxylic acids is 1. The van der Waals surface area contributed by atoms with Gasteiger partial charge in [0.25, 0.3) is 0 Å². The molecule has 2 aromatic rings. The largest absolute Gasteiger partial charge is 0.477 e. The van der Waals surface area contributed by atoms with Crippen LogP contribution in [0.4, 0.5) is 4.39 Å². The highest BCUT2D eigenvalue weighted by molar-refractivity contribution is 6.31. The first kappa shape index (κ1) is 16.0. The second-order valence-electron chi connectivity index (χ2n) is 4.46. The zero-order valence-electron chi connectivity index (χ0n) is 11.5. The van der Waals surface area contributed by atoms with Gasteiger partial charge in [0, 0.05) is 0 Å². The van der Waals surface area contributed by atoms with Crippen LogP contribution in [0.5, 0.6) is 0 Å². The third-order valence-electron chi connectivity index (χ3n) is 3.19. The molecule has 0 aliphatic heterocycles. The molecule has 1 aromatic heterocycles. The van der Waals surface area contributed by atoms with E-state index in [2.05, 4.69) is 5.43 Å². The SMILES string of the molecule is CCc1c(C(=O)O)c(=O)c2cc(F)c(Cl)cc2n1NCC=O. The van der Waals surface area contributed by atoms with Crippen LogP contribution in [0.1, 0.15) is 23.0 Å². The van der Waals surface area contributed by atoms with Crippen LogP contribution in [-0.4, -0.2) is 28.6 Å². The van der Waals surface area contributed by atoms with E-state index >= 15 is 0 Å². The van der Waals surface area contributed by atoms with Crippen LogP contribution in [0.15, 0.2) is 16.9 Å². The predicted molar refractivity (Wildman–Crippen MR) is 79.8 cm³/mol. The van der Waals surface area contributed by atoms with Gasteiger partial charge in [0.1, 0.15) is 17.7 Å². The number of rotatable bonds is 5. The number of carbonyl (C=O) groups is 2. The van der Waals surface area contributed by atoms with Crippen molar-refractivity contribution in [2.75, 3.05) is 12.0 Å². The van der Waals surface area contributed by atoms with Gasteiger partial charge < -0.3 is 15.3 Å². The number of carboxylic acid groups (broad SMARTS) is 1. The van der Waals surface area contributed by atoms with Crippen molar-refractivity contribution in [2.24, 2.45) is 0 Å². The smallest absolute Gasteiger partial charge is 0.341 e. The van der Waals surface area contributed by atoms with Crippen LogP contribution in [0.3, 0.4) is 0 Å². The second kappa shape index (κ2) is 6.15. The van der Waals surface area contributed by atoms with Gasteiger partial charge in [-0.15, -0.1) is 0 Å². The molecule has 0 radical (unpaired) electrons. The van der Waals surface area contributed by atoms with Gasteiger partial charge >= 0.3 is 5.97 Å². The Hall–Kier alpha value is -2.41. The van der Waals surface area contributed by atoms with E-state index in [-0.39, 0.29) is 34.6 Å². The fraction of sp³-hybridized carbons (Fsp3) is 0.214. The third kappa shape index (κ3) is 2.55. The number of fused-ring (bicyclic) bond motifs is 1. The molecule has 0 aliphatic carbocycles. The summed E-state index contributed by atoms with van der Waals surface area (Å²) in [5, 5.41) is 8.94. The van der Waals surface area contributed by atoms with Crippen molar-refractivity contribution in [1.29, 1.82) is 0 Å². The monoisotopic (exact) mass is 326 g/mol. The van der Waals surface area contributed by atoms with Gasteiger partial charge in [0.05, 0.1) is 28.2 Å². The molecule has 1 aromatic carbocycles. The zero-order valence-corrected chi connectivity index (χ0v) is 12.3. The maximum atomic E-state index is 13.6. The first-order valence-corrected chi connectivity index (χ1v) is 6.77. The highest BCUT2D eigenvalue weighted by atomic mass is 35.5. The van der Waals surface area contributed by atoms with E-state index in [4.69, 9.17) is 11.6 Å². The van der Waals surface area contributed by atoms with E-state index in [1.807, 2.05) is 0 Å². The lowest BCUT2D eigenvalue weighted by atomic mass is 10.1. The van der Waals surface area contributed by atoms with Crippen LogP contribution >= 0.6 is 11.6 Å². The van der Waals surface area contributed by atoms with Crippen molar-refractivity contribution in [3.8, 4) is 0 Å². The fourth-order valence-electron chi connectivity index (χ4n) is 2.29. The summed E-state index contributed by atoms with van der Waals surface area (Å²) in [4.78, 5) is 34.3. The molecule has 6 nitrogen and oxygen atoms in total. The summed E-state index contributed by atoms with van der Waals surface area (Å²) in [5.74, 6) is -2.24.